The first kappa shape index (κ1) is 29.6. The van der Waals surface area contributed by atoms with Crippen LogP contribution >= 0.6 is 23.2 Å². The van der Waals surface area contributed by atoms with Crippen LogP contribution in [0, 0.1) is 0 Å². The fourth-order valence-electron chi connectivity index (χ4n) is 4.91. The number of nitrogens with one attached hydrogen (secondary N) is 1. The van der Waals surface area contributed by atoms with Crippen LogP contribution in [0.1, 0.15) is 37.4 Å². The first-order valence-corrected chi connectivity index (χ1v) is 15.1. The van der Waals surface area contributed by atoms with Gasteiger partial charge in [0.2, 0.25) is 9.84 Å². The lowest BCUT2D eigenvalue weighted by Crippen LogP contribution is -2.42. The third kappa shape index (κ3) is 5.86. The van der Waals surface area contributed by atoms with Gasteiger partial charge in [0.25, 0.3) is 11.8 Å². The van der Waals surface area contributed by atoms with Crippen molar-refractivity contribution in [2.45, 2.75) is 30.3 Å². The van der Waals surface area contributed by atoms with E-state index < -0.39 is 33.7 Å². The van der Waals surface area contributed by atoms with Crippen molar-refractivity contribution in [1.82, 2.24) is 10.2 Å². The van der Waals surface area contributed by atoms with Gasteiger partial charge in [0.1, 0.15) is 17.6 Å². The summed E-state index contributed by atoms with van der Waals surface area (Å²) in [6.45, 7) is 0.534. The highest BCUT2D eigenvalue weighted by Gasteiger charge is 2.30. The lowest BCUT2D eigenvalue weighted by atomic mass is 9.95. The Morgan fingerprint density at radius 3 is 2.60 bits per heavy atom. The molecule has 0 fully saturated rings. The van der Waals surface area contributed by atoms with Gasteiger partial charge in [-0.15, -0.1) is 0 Å². The summed E-state index contributed by atoms with van der Waals surface area (Å²) < 4.78 is 29.4. The molecule has 1 atom stereocenters. The number of carbonyl (C=O) groups is 3. The second kappa shape index (κ2) is 11.8. The molecule has 218 valence electrons. The van der Waals surface area contributed by atoms with Crippen molar-refractivity contribution >= 4 is 61.8 Å². The summed E-state index contributed by atoms with van der Waals surface area (Å²) in [5.74, 6) is -3.47. The Bertz CT molecular complexity index is 1840. The number of carbonyl (C=O) groups excluding carboxylic acids is 2. The van der Waals surface area contributed by atoms with Gasteiger partial charge in [0.15, 0.2) is 0 Å². The van der Waals surface area contributed by atoms with Crippen LogP contribution in [0.15, 0.2) is 70.2 Å². The summed E-state index contributed by atoms with van der Waals surface area (Å²) in [5.41, 5.74) is 2.58. The van der Waals surface area contributed by atoms with Crippen LogP contribution in [-0.4, -0.2) is 59.8 Å². The van der Waals surface area contributed by atoms with Crippen LogP contribution in [0.5, 0.6) is 0 Å². The largest absolute Gasteiger partial charge is 0.480 e. The number of carboxylic acid groups (broad SMARTS) is 1. The van der Waals surface area contributed by atoms with Crippen molar-refractivity contribution < 1.29 is 37.4 Å². The zero-order valence-corrected chi connectivity index (χ0v) is 24.2. The van der Waals surface area contributed by atoms with Gasteiger partial charge in [0.05, 0.1) is 26.8 Å². The van der Waals surface area contributed by atoms with Crippen molar-refractivity contribution in [3.05, 3.63) is 98.7 Å². The first-order valence-electron chi connectivity index (χ1n) is 12.7. The number of benzene rings is 3. The molecule has 13 heteroatoms. The molecule has 5 rings (SSSR count). The number of carboxylic acids is 1. The molecule has 0 saturated heterocycles. The minimum atomic E-state index is -3.94. The van der Waals surface area contributed by atoms with Crippen molar-refractivity contribution in [3.63, 3.8) is 0 Å². The molecule has 2 amide bonds. The van der Waals surface area contributed by atoms with E-state index in [4.69, 9.17) is 32.7 Å². The molecule has 2 heterocycles. The molecule has 0 aliphatic carbocycles. The average molecular weight is 631 g/mol. The fourth-order valence-corrected chi connectivity index (χ4v) is 6.44. The van der Waals surface area contributed by atoms with E-state index in [9.17, 15) is 27.9 Å². The number of furan rings is 1. The quantitative estimate of drug-likeness (QED) is 0.263. The highest BCUT2D eigenvalue weighted by molar-refractivity contribution is 7.91. The fraction of sp³-hybridized carbons (Fsp3) is 0.207. The molecule has 1 aliphatic rings. The maximum atomic E-state index is 13.2. The summed E-state index contributed by atoms with van der Waals surface area (Å²) in [6.07, 6.45) is 1.65. The van der Waals surface area contributed by atoms with Gasteiger partial charge in [-0.05, 0) is 59.5 Å². The Hall–Kier alpha value is -3.90. The SMILES string of the molecule is O=C(NC(Cc1cccc(S(=O)(=O)CO)c1)C(=O)O)c1c(Cl)cc2c(c1Cl)CCN(C(=O)c1ccc3ccoc3c1)C2. The molecule has 0 spiro atoms. The van der Waals surface area contributed by atoms with Gasteiger partial charge in [-0.1, -0.05) is 41.4 Å². The van der Waals surface area contributed by atoms with E-state index in [2.05, 4.69) is 5.32 Å². The minimum Gasteiger partial charge on any atom is -0.480 e. The van der Waals surface area contributed by atoms with E-state index in [1.54, 1.807) is 41.5 Å². The van der Waals surface area contributed by atoms with Crippen LogP contribution in [0.25, 0.3) is 11.0 Å². The molecule has 0 bridgehead atoms. The maximum absolute atomic E-state index is 13.2. The maximum Gasteiger partial charge on any atom is 0.326 e. The summed E-state index contributed by atoms with van der Waals surface area (Å²) >= 11 is 13.1. The summed E-state index contributed by atoms with van der Waals surface area (Å²) in [4.78, 5) is 39.9. The van der Waals surface area contributed by atoms with Gasteiger partial charge in [-0.2, -0.15) is 0 Å². The number of fused-ring (bicyclic) bond motifs is 2. The third-order valence-corrected chi connectivity index (χ3v) is 9.12. The number of halogens is 2. The Labute approximate surface area is 250 Å². The van der Waals surface area contributed by atoms with Crippen molar-refractivity contribution in [3.8, 4) is 0 Å². The van der Waals surface area contributed by atoms with Gasteiger partial charge in [0, 0.05) is 30.5 Å². The summed E-state index contributed by atoms with van der Waals surface area (Å²) in [5, 5.41) is 22.3. The number of nitrogens with zero attached hydrogens (tertiary/aromatic N) is 1. The molecule has 3 N–H and O–H groups in total. The molecule has 42 heavy (non-hydrogen) atoms. The second-order valence-corrected chi connectivity index (χ2v) is 12.5. The van der Waals surface area contributed by atoms with E-state index in [1.807, 2.05) is 0 Å². The summed E-state index contributed by atoms with van der Waals surface area (Å²) in [6, 6.07) is 12.6. The van der Waals surface area contributed by atoms with Gasteiger partial charge in [-0.3, -0.25) is 9.59 Å². The zero-order chi connectivity index (χ0) is 30.2. The molecule has 0 saturated carbocycles. The number of hydrogen-bond donors (Lipinski definition) is 3. The number of amides is 2. The van der Waals surface area contributed by atoms with E-state index in [-0.39, 0.29) is 39.4 Å². The van der Waals surface area contributed by atoms with E-state index in [0.717, 1.165) is 5.39 Å². The van der Waals surface area contributed by atoms with Gasteiger partial charge in [-0.25, -0.2) is 13.2 Å². The lowest BCUT2D eigenvalue weighted by molar-refractivity contribution is -0.139. The predicted molar refractivity (Wildman–Crippen MR) is 154 cm³/mol. The van der Waals surface area contributed by atoms with Gasteiger partial charge < -0.3 is 24.8 Å². The number of aliphatic hydroxyl groups is 1. The molecular formula is C29H24Cl2N2O8S. The van der Waals surface area contributed by atoms with Crippen molar-refractivity contribution in [2.75, 3.05) is 12.5 Å². The Kier molecular flexibility index (Phi) is 8.29. The number of sulfone groups is 1. The van der Waals surface area contributed by atoms with Crippen LogP contribution in [0.4, 0.5) is 0 Å². The van der Waals surface area contributed by atoms with Crippen LogP contribution < -0.4 is 5.32 Å². The molecule has 1 unspecified atom stereocenters. The highest BCUT2D eigenvalue weighted by Crippen LogP contribution is 2.35. The topological polar surface area (TPSA) is 154 Å². The zero-order valence-electron chi connectivity index (χ0n) is 21.8. The average Bonchev–Trinajstić information content (AvgIpc) is 3.44. The summed E-state index contributed by atoms with van der Waals surface area (Å²) in [7, 11) is -3.94. The number of rotatable bonds is 8. The lowest BCUT2D eigenvalue weighted by Gasteiger charge is -2.30. The second-order valence-electron chi connectivity index (χ2n) is 9.79. The van der Waals surface area contributed by atoms with E-state index in [0.29, 0.717) is 40.8 Å². The highest BCUT2D eigenvalue weighted by atomic mass is 35.5. The minimum absolute atomic E-state index is 0.0114. The Balaban J connectivity index is 1.34. The van der Waals surface area contributed by atoms with Gasteiger partial charge >= 0.3 is 5.97 Å². The molecular weight excluding hydrogens is 607 g/mol. The standard InChI is InChI=1S/C29H24Cl2N2O8S/c30-22-12-19-14-33(28(36)18-5-4-17-7-9-41-24(17)13-18)8-6-21(19)26(31)25(22)27(35)32-23(29(37)38)11-16-2-1-3-20(10-16)42(39,40)15-34/h1-5,7,9-10,12-13,23,34H,6,8,11,14-15H2,(H,32,35)(H,37,38). The molecule has 4 aromatic rings. The Morgan fingerprint density at radius 1 is 1.07 bits per heavy atom. The molecule has 1 aromatic heterocycles. The van der Waals surface area contributed by atoms with Crippen LogP contribution in [-0.2, 0) is 34.0 Å². The molecule has 1 aliphatic heterocycles. The van der Waals surface area contributed by atoms with Crippen molar-refractivity contribution in [1.29, 1.82) is 0 Å². The number of hydrogen-bond acceptors (Lipinski definition) is 7. The van der Waals surface area contributed by atoms with E-state index >= 15 is 0 Å². The normalized spacial score (nSPS) is 13.9. The van der Waals surface area contributed by atoms with Crippen LogP contribution in [0.2, 0.25) is 10.0 Å². The smallest absolute Gasteiger partial charge is 0.326 e. The van der Waals surface area contributed by atoms with Crippen LogP contribution in [0.3, 0.4) is 0 Å². The van der Waals surface area contributed by atoms with E-state index in [1.165, 1.54) is 24.3 Å². The van der Waals surface area contributed by atoms with Crippen molar-refractivity contribution in [2.24, 2.45) is 0 Å². The monoisotopic (exact) mass is 630 g/mol. The number of aliphatic carboxylic acids is 1. The predicted octanol–water partition coefficient (Wildman–Crippen LogP) is 4.09. The molecule has 10 nitrogen and oxygen atoms in total. The third-order valence-electron chi connectivity index (χ3n) is 7.09. The first-order chi connectivity index (χ1) is 20.0. The number of aliphatic hydroxyl groups excluding tert-OH is 1. The Morgan fingerprint density at radius 2 is 1.86 bits per heavy atom. The molecule has 3 aromatic carbocycles. The molecule has 0 radical (unpaired) electrons.